The second-order valence-corrected chi connectivity index (χ2v) is 3.79. The topological polar surface area (TPSA) is 74.1 Å². The van der Waals surface area contributed by atoms with Crippen molar-refractivity contribution >= 4 is 0 Å². The van der Waals surface area contributed by atoms with Crippen LogP contribution in [0.15, 0.2) is 9.32 Å². The van der Waals surface area contributed by atoms with Crippen molar-refractivity contribution in [2.24, 2.45) is 12.8 Å². The van der Waals surface area contributed by atoms with Crippen molar-refractivity contribution in [3.8, 4) is 0 Å². The van der Waals surface area contributed by atoms with Gasteiger partial charge in [-0.15, -0.1) is 0 Å². The minimum atomic E-state index is -0.406. The Morgan fingerprint density at radius 1 is 1.69 bits per heavy atom. The lowest BCUT2D eigenvalue weighted by molar-refractivity contribution is 0.375. The van der Waals surface area contributed by atoms with Crippen molar-refractivity contribution in [3.63, 3.8) is 0 Å². The summed E-state index contributed by atoms with van der Waals surface area (Å²) < 4.78 is 5.92. The van der Waals surface area contributed by atoms with E-state index in [1.54, 1.807) is 7.05 Å². The quantitative estimate of drug-likeness (QED) is 0.704. The lowest BCUT2D eigenvalue weighted by Crippen LogP contribution is -2.23. The average molecular weight is 183 g/mol. The molecule has 1 aromatic heterocycles. The molecule has 72 valence electrons. The van der Waals surface area contributed by atoms with Crippen LogP contribution in [-0.2, 0) is 13.5 Å². The summed E-state index contributed by atoms with van der Waals surface area (Å²) in [6.45, 7) is 0. The molecule has 1 heterocycles. The Morgan fingerprint density at radius 2 is 2.38 bits per heavy atom. The summed E-state index contributed by atoms with van der Waals surface area (Å²) in [5, 5.41) is 3.67. The molecule has 1 aliphatic rings. The monoisotopic (exact) mass is 183 g/mol. The first-order valence-electron chi connectivity index (χ1n) is 4.41. The van der Waals surface area contributed by atoms with Gasteiger partial charge in [0, 0.05) is 19.0 Å². The van der Waals surface area contributed by atoms with Crippen LogP contribution < -0.4 is 11.5 Å². The first-order chi connectivity index (χ1) is 6.11. The molecule has 2 rings (SSSR count). The molecule has 0 amide bonds. The molecule has 0 aromatic carbocycles. The van der Waals surface area contributed by atoms with Gasteiger partial charge in [0.1, 0.15) is 0 Å². The molecule has 1 aromatic rings. The standard InChI is InChI=1S/C8H13N3O2/c1-11-6(10-13-7(11)12)2-3-8(9)4-5-8/h2-5,9H2,1H3. The summed E-state index contributed by atoms with van der Waals surface area (Å²) in [5.41, 5.74) is 5.91. The molecule has 1 saturated carbocycles. The lowest BCUT2D eigenvalue weighted by atomic mass is 10.1. The summed E-state index contributed by atoms with van der Waals surface area (Å²) >= 11 is 0. The van der Waals surface area contributed by atoms with Gasteiger partial charge in [0.25, 0.3) is 0 Å². The van der Waals surface area contributed by atoms with E-state index in [4.69, 9.17) is 5.73 Å². The maximum Gasteiger partial charge on any atom is 0.441 e. The van der Waals surface area contributed by atoms with Crippen molar-refractivity contribution < 1.29 is 4.52 Å². The minimum absolute atomic E-state index is 0.00893. The van der Waals surface area contributed by atoms with E-state index in [9.17, 15) is 4.79 Å². The van der Waals surface area contributed by atoms with Crippen molar-refractivity contribution in [1.82, 2.24) is 9.72 Å². The number of hydrogen-bond donors (Lipinski definition) is 1. The Labute approximate surface area is 75.5 Å². The fraction of sp³-hybridized carbons (Fsp3) is 0.750. The van der Waals surface area contributed by atoms with Gasteiger partial charge in [0.15, 0.2) is 5.82 Å². The van der Waals surface area contributed by atoms with Crippen molar-refractivity contribution in [2.75, 3.05) is 0 Å². The van der Waals surface area contributed by atoms with Gasteiger partial charge in [0.2, 0.25) is 0 Å². The van der Waals surface area contributed by atoms with E-state index >= 15 is 0 Å². The summed E-state index contributed by atoms with van der Waals surface area (Å²) in [5.74, 6) is 0.276. The highest BCUT2D eigenvalue weighted by Gasteiger charge is 2.37. The Balaban J connectivity index is 2.01. The van der Waals surface area contributed by atoms with Gasteiger partial charge in [-0.25, -0.2) is 4.79 Å². The van der Waals surface area contributed by atoms with Crippen molar-refractivity contribution in [2.45, 2.75) is 31.2 Å². The zero-order chi connectivity index (χ0) is 9.47. The summed E-state index contributed by atoms with van der Waals surface area (Å²) in [7, 11) is 1.66. The Kier molecular flexibility index (Phi) is 1.76. The maximum atomic E-state index is 10.9. The number of nitrogens with zero attached hydrogens (tertiary/aromatic N) is 2. The molecular weight excluding hydrogens is 170 g/mol. The first kappa shape index (κ1) is 8.50. The molecule has 0 aliphatic heterocycles. The van der Waals surface area contributed by atoms with Gasteiger partial charge in [-0.2, -0.15) is 0 Å². The summed E-state index contributed by atoms with van der Waals surface area (Å²) in [6, 6.07) is 0. The molecule has 2 N–H and O–H groups in total. The largest absolute Gasteiger partial charge is 0.441 e. The molecule has 0 bridgehead atoms. The third-order valence-corrected chi connectivity index (χ3v) is 2.63. The van der Waals surface area contributed by atoms with Crippen LogP contribution in [-0.4, -0.2) is 15.3 Å². The molecule has 0 radical (unpaired) electrons. The van der Waals surface area contributed by atoms with Crippen LogP contribution in [0.2, 0.25) is 0 Å². The predicted octanol–water partition coefficient (Wildman–Crippen LogP) is -0.203. The van der Waals surface area contributed by atoms with Crippen LogP contribution in [0.1, 0.15) is 25.1 Å². The molecule has 13 heavy (non-hydrogen) atoms. The van der Waals surface area contributed by atoms with Gasteiger partial charge < -0.3 is 5.73 Å². The van der Waals surface area contributed by atoms with Gasteiger partial charge in [-0.05, 0) is 19.3 Å². The SMILES string of the molecule is Cn1c(CCC2(N)CC2)noc1=O. The van der Waals surface area contributed by atoms with E-state index in [2.05, 4.69) is 9.68 Å². The van der Waals surface area contributed by atoms with E-state index in [0.717, 1.165) is 25.7 Å². The molecule has 0 atom stereocenters. The van der Waals surface area contributed by atoms with Crippen molar-refractivity contribution in [1.29, 1.82) is 0 Å². The number of aryl methyl sites for hydroxylation is 1. The normalized spacial score (nSPS) is 18.9. The Morgan fingerprint density at radius 3 is 2.85 bits per heavy atom. The van der Waals surface area contributed by atoms with Crippen LogP contribution in [0.5, 0.6) is 0 Å². The van der Waals surface area contributed by atoms with Crippen LogP contribution in [0.3, 0.4) is 0 Å². The maximum absolute atomic E-state index is 10.9. The molecular formula is C8H13N3O2. The van der Waals surface area contributed by atoms with Crippen LogP contribution >= 0.6 is 0 Å². The lowest BCUT2D eigenvalue weighted by Gasteiger charge is -2.05. The molecule has 0 unspecified atom stereocenters. The van der Waals surface area contributed by atoms with Gasteiger partial charge in [-0.1, -0.05) is 5.16 Å². The van der Waals surface area contributed by atoms with Crippen LogP contribution in [0.4, 0.5) is 0 Å². The molecule has 5 nitrogen and oxygen atoms in total. The number of hydrogen-bond acceptors (Lipinski definition) is 4. The number of rotatable bonds is 3. The summed E-state index contributed by atoms with van der Waals surface area (Å²) in [6.07, 6.45) is 3.77. The highest BCUT2D eigenvalue weighted by atomic mass is 16.5. The third-order valence-electron chi connectivity index (χ3n) is 2.63. The van der Waals surface area contributed by atoms with Gasteiger partial charge in [-0.3, -0.25) is 9.09 Å². The second-order valence-electron chi connectivity index (χ2n) is 3.79. The second kappa shape index (κ2) is 2.70. The van der Waals surface area contributed by atoms with Crippen LogP contribution in [0, 0.1) is 0 Å². The number of nitrogens with two attached hydrogens (primary N) is 1. The zero-order valence-corrected chi connectivity index (χ0v) is 7.62. The van der Waals surface area contributed by atoms with E-state index in [-0.39, 0.29) is 5.54 Å². The zero-order valence-electron chi connectivity index (χ0n) is 7.62. The molecule has 0 spiro atoms. The van der Waals surface area contributed by atoms with E-state index in [1.807, 2.05) is 0 Å². The average Bonchev–Trinajstić information content (AvgIpc) is 2.75. The predicted molar refractivity (Wildman–Crippen MR) is 46.2 cm³/mol. The van der Waals surface area contributed by atoms with E-state index in [0.29, 0.717) is 5.82 Å². The Hall–Kier alpha value is -1.10. The molecule has 5 heteroatoms. The minimum Gasteiger partial charge on any atom is -0.325 e. The smallest absolute Gasteiger partial charge is 0.325 e. The highest BCUT2D eigenvalue weighted by Crippen LogP contribution is 2.36. The van der Waals surface area contributed by atoms with Crippen LogP contribution in [0.25, 0.3) is 0 Å². The first-order valence-corrected chi connectivity index (χ1v) is 4.41. The molecule has 0 saturated heterocycles. The fourth-order valence-electron chi connectivity index (χ4n) is 1.30. The number of aromatic nitrogens is 2. The highest BCUT2D eigenvalue weighted by molar-refractivity contribution is 5.01. The van der Waals surface area contributed by atoms with E-state index < -0.39 is 5.76 Å². The van der Waals surface area contributed by atoms with Gasteiger partial charge >= 0.3 is 5.76 Å². The Bertz CT molecular complexity index is 362. The van der Waals surface area contributed by atoms with Gasteiger partial charge in [0.05, 0.1) is 0 Å². The van der Waals surface area contributed by atoms with E-state index in [1.165, 1.54) is 4.57 Å². The fourth-order valence-corrected chi connectivity index (χ4v) is 1.30. The third kappa shape index (κ3) is 1.65. The molecule has 1 fully saturated rings. The molecule has 1 aliphatic carbocycles. The summed E-state index contributed by atoms with van der Waals surface area (Å²) in [4.78, 5) is 10.9. The van der Waals surface area contributed by atoms with Crippen molar-refractivity contribution in [3.05, 3.63) is 16.4 Å².